The van der Waals surface area contributed by atoms with Crippen LogP contribution in [0.3, 0.4) is 0 Å². The molecule has 2 atom stereocenters. The second-order valence-electron chi connectivity index (χ2n) is 9.38. The Labute approximate surface area is 165 Å². The highest BCUT2D eigenvalue weighted by atomic mass is 15.2. The summed E-state index contributed by atoms with van der Waals surface area (Å²) in [6.45, 7) is 29.4. The first kappa shape index (κ1) is 25.4. The van der Waals surface area contributed by atoms with Crippen LogP contribution in [0.5, 0.6) is 0 Å². The van der Waals surface area contributed by atoms with Crippen LogP contribution >= 0.6 is 0 Å². The van der Waals surface area contributed by atoms with Gasteiger partial charge < -0.3 is 0 Å². The molecule has 0 spiro atoms. The molecule has 0 aromatic rings. The molecule has 0 amide bonds. The second-order valence-corrected chi connectivity index (χ2v) is 9.38. The summed E-state index contributed by atoms with van der Waals surface area (Å²) in [6, 6.07) is 2.85. The molecule has 26 heavy (non-hydrogen) atoms. The van der Waals surface area contributed by atoms with E-state index in [1.807, 2.05) is 0 Å². The summed E-state index contributed by atoms with van der Waals surface area (Å²) in [6.07, 6.45) is 7.91. The van der Waals surface area contributed by atoms with Crippen molar-refractivity contribution in [1.82, 2.24) is 9.80 Å². The highest BCUT2D eigenvalue weighted by molar-refractivity contribution is 5.20. The molecule has 0 aromatic heterocycles. The molecule has 2 rings (SSSR count). The lowest BCUT2D eigenvalue weighted by molar-refractivity contribution is 0.123. The molecule has 2 heterocycles. The Morgan fingerprint density at radius 1 is 0.923 bits per heavy atom. The number of hydrogen-bond acceptors (Lipinski definition) is 2. The Morgan fingerprint density at radius 2 is 1.46 bits per heavy atom. The lowest BCUT2D eigenvalue weighted by Gasteiger charge is -2.41. The quantitative estimate of drug-likeness (QED) is 0.514. The van der Waals surface area contributed by atoms with Crippen molar-refractivity contribution in [2.45, 2.75) is 112 Å². The summed E-state index contributed by atoms with van der Waals surface area (Å²) in [5.74, 6) is 0. The van der Waals surface area contributed by atoms with Crippen molar-refractivity contribution in [1.29, 1.82) is 0 Å². The summed E-state index contributed by atoms with van der Waals surface area (Å²) in [5, 5.41) is 0. The number of hydrogen-bond donors (Lipinski definition) is 0. The first-order valence-corrected chi connectivity index (χ1v) is 10.8. The molecule has 2 nitrogen and oxygen atoms in total. The van der Waals surface area contributed by atoms with Gasteiger partial charge in [-0.1, -0.05) is 38.8 Å². The van der Waals surface area contributed by atoms with E-state index in [-0.39, 0.29) is 0 Å². The number of piperidine rings is 1. The van der Waals surface area contributed by atoms with Gasteiger partial charge in [-0.15, -0.1) is 13.2 Å². The fourth-order valence-corrected chi connectivity index (χ4v) is 4.44. The fourth-order valence-electron chi connectivity index (χ4n) is 4.44. The maximum Gasteiger partial charge on any atom is 0.0287 e. The zero-order valence-electron chi connectivity index (χ0n) is 19.4. The predicted molar refractivity (Wildman–Crippen MR) is 120 cm³/mol. The van der Waals surface area contributed by atoms with E-state index in [4.69, 9.17) is 0 Å². The minimum absolute atomic E-state index is 0.326. The molecule has 0 aromatic carbocycles. The molecule has 154 valence electrons. The van der Waals surface area contributed by atoms with E-state index in [1.54, 1.807) is 5.57 Å². The molecule has 1 saturated heterocycles. The predicted octanol–water partition coefficient (Wildman–Crippen LogP) is 6.53. The number of likely N-dealkylation sites (tertiary alicyclic amines) is 1. The molecule has 0 bridgehead atoms. The van der Waals surface area contributed by atoms with Crippen molar-refractivity contribution in [3.05, 3.63) is 24.8 Å². The van der Waals surface area contributed by atoms with Crippen LogP contribution in [0.15, 0.2) is 24.8 Å². The Balaban J connectivity index is 0.000000458. The minimum atomic E-state index is 0.326. The fraction of sp³-hybridized carbons (Fsp3) is 0.833. The third-order valence-corrected chi connectivity index (χ3v) is 5.75. The third-order valence-electron chi connectivity index (χ3n) is 5.75. The van der Waals surface area contributed by atoms with Gasteiger partial charge in [-0.2, -0.15) is 0 Å². The maximum absolute atomic E-state index is 3.00. The number of nitrogens with zero attached hydrogens (tertiary/aromatic N) is 2. The van der Waals surface area contributed by atoms with Crippen molar-refractivity contribution in [2.24, 2.45) is 5.41 Å². The van der Waals surface area contributed by atoms with Crippen LogP contribution in [0, 0.1) is 5.41 Å². The van der Waals surface area contributed by atoms with Crippen molar-refractivity contribution < 1.29 is 0 Å². The van der Waals surface area contributed by atoms with E-state index in [2.05, 4.69) is 91.3 Å². The first-order valence-electron chi connectivity index (χ1n) is 10.8. The average molecular weight is 365 g/mol. The highest BCUT2D eigenvalue weighted by Crippen LogP contribution is 2.33. The standard InChI is InChI=1S/C13H25N.C9H19N.C2H4/c1-10(2)14-9-7-8-12(11(14)3)13(4,5)6;1-8(2)10-7-5-4-6-9(10)3;1-2/h8,10-11H,7,9H2,1-6H3;8-9H,4-7H2,1-3H3;1-2H2/t11-;9-;/m11./s1. The SMILES string of the molecule is C=C.CC(C)N1CCC=C(C(C)(C)C)[C@H]1C.CC(C)N1CCCC[C@H]1C. The van der Waals surface area contributed by atoms with Crippen molar-refractivity contribution in [3.8, 4) is 0 Å². The van der Waals surface area contributed by atoms with Gasteiger partial charge in [0.1, 0.15) is 0 Å². The van der Waals surface area contributed by atoms with Crippen LogP contribution in [0.1, 0.15) is 88.0 Å². The van der Waals surface area contributed by atoms with E-state index in [1.165, 1.54) is 38.8 Å². The molecule has 0 saturated carbocycles. The molecular formula is C24H48N2. The van der Waals surface area contributed by atoms with Gasteiger partial charge in [-0.05, 0) is 72.8 Å². The van der Waals surface area contributed by atoms with E-state index in [0.29, 0.717) is 17.5 Å². The van der Waals surface area contributed by atoms with E-state index in [0.717, 1.165) is 12.1 Å². The lowest BCUT2D eigenvalue weighted by atomic mass is 9.79. The zero-order valence-corrected chi connectivity index (χ0v) is 19.4. The smallest absolute Gasteiger partial charge is 0.0287 e. The Hall–Kier alpha value is -0.600. The van der Waals surface area contributed by atoms with Gasteiger partial charge in [0.15, 0.2) is 0 Å². The van der Waals surface area contributed by atoms with Gasteiger partial charge in [0.25, 0.3) is 0 Å². The van der Waals surface area contributed by atoms with Crippen molar-refractivity contribution in [2.75, 3.05) is 13.1 Å². The topological polar surface area (TPSA) is 6.48 Å². The lowest BCUT2D eigenvalue weighted by Crippen LogP contribution is -2.45. The zero-order chi connectivity index (χ0) is 20.5. The molecule has 2 aliphatic rings. The molecule has 1 fully saturated rings. The van der Waals surface area contributed by atoms with Crippen molar-refractivity contribution in [3.63, 3.8) is 0 Å². The molecule has 0 aliphatic carbocycles. The van der Waals surface area contributed by atoms with Crippen LogP contribution in [0.25, 0.3) is 0 Å². The Kier molecular flexibility index (Phi) is 11.7. The number of rotatable bonds is 2. The normalized spacial score (nSPS) is 25.1. The van der Waals surface area contributed by atoms with Crippen LogP contribution in [0.4, 0.5) is 0 Å². The molecule has 0 N–H and O–H groups in total. The average Bonchev–Trinajstić information content (AvgIpc) is 2.56. The summed E-state index contributed by atoms with van der Waals surface area (Å²) >= 11 is 0. The maximum atomic E-state index is 3.00. The molecular weight excluding hydrogens is 316 g/mol. The summed E-state index contributed by atoms with van der Waals surface area (Å²) in [4.78, 5) is 5.20. The molecule has 0 unspecified atom stereocenters. The third kappa shape index (κ3) is 7.96. The van der Waals surface area contributed by atoms with E-state index < -0.39 is 0 Å². The monoisotopic (exact) mass is 364 g/mol. The van der Waals surface area contributed by atoms with Gasteiger partial charge in [-0.3, -0.25) is 9.80 Å². The molecule has 2 aliphatic heterocycles. The van der Waals surface area contributed by atoms with Crippen LogP contribution in [-0.2, 0) is 0 Å². The van der Waals surface area contributed by atoms with Gasteiger partial charge in [0, 0.05) is 30.7 Å². The molecule has 2 heteroatoms. The molecule has 0 radical (unpaired) electrons. The van der Waals surface area contributed by atoms with Crippen molar-refractivity contribution >= 4 is 0 Å². The van der Waals surface area contributed by atoms with Gasteiger partial charge in [-0.25, -0.2) is 0 Å². The Bertz CT molecular complexity index is 403. The Morgan fingerprint density at radius 3 is 1.85 bits per heavy atom. The van der Waals surface area contributed by atoms with Crippen LogP contribution in [0.2, 0.25) is 0 Å². The van der Waals surface area contributed by atoms with Gasteiger partial charge >= 0.3 is 0 Å². The van der Waals surface area contributed by atoms with Crippen LogP contribution in [-0.4, -0.2) is 47.1 Å². The first-order chi connectivity index (χ1) is 12.1. The minimum Gasteiger partial charge on any atom is -0.298 e. The van der Waals surface area contributed by atoms with Gasteiger partial charge in [0.2, 0.25) is 0 Å². The van der Waals surface area contributed by atoms with Gasteiger partial charge in [0.05, 0.1) is 0 Å². The summed E-state index contributed by atoms with van der Waals surface area (Å²) < 4.78 is 0. The summed E-state index contributed by atoms with van der Waals surface area (Å²) in [7, 11) is 0. The largest absolute Gasteiger partial charge is 0.298 e. The van der Waals surface area contributed by atoms with E-state index >= 15 is 0 Å². The van der Waals surface area contributed by atoms with Crippen LogP contribution < -0.4 is 0 Å². The second kappa shape index (κ2) is 12.0. The summed E-state index contributed by atoms with van der Waals surface area (Å²) in [5.41, 5.74) is 1.94. The highest BCUT2D eigenvalue weighted by Gasteiger charge is 2.29. The van der Waals surface area contributed by atoms with E-state index in [9.17, 15) is 0 Å².